The number of nitrogens with zero attached hydrogens (tertiary/aromatic N) is 3. The Morgan fingerprint density at radius 2 is 1.71 bits per heavy atom. The lowest BCUT2D eigenvalue weighted by Gasteiger charge is -2.69. The average molecular weight is 559 g/mol. The third kappa shape index (κ3) is 3.41. The number of amides is 1. The Balaban J connectivity index is 1.46. The third-order valence-electron chi connectivity index (χ3n) is 13.2. The number of nitrogens with two attached hydrogens (primary N) is 1. The number of ketones is 2. The lowest BCUT2D eigenvalue weighted by molar-refractivity contribution is -0.166. The molecule has 0 saturated heterocycles. The van der Waals surface area contributed by atoms with Crippen LogP contribution < -0.4 is 5.73 Å². The van der Waals surface area contributed by atoms with Crippen LogP contribution in [0.15, 0.2) is 27.7 Å². The number of primary amides is 1. The van der Waals surface area contributed by atoms with Crippen LogP contribution in [0.2, 0.25) is 0 Å². The maximum absolute atomic E-state index is 14.5. The molecule has 8 heteroatoms. The van der Waals surface area contributed by atoms with Gasteiger partial charge in [0.1, 0.15) is 6.07 Å². The van der Waals surface area contributed by atoms with Crippen LogP contribution in [0, 0.1) is 56.2 Å². The molecule has 0 aromatic carbocycles. The van der Waals surface area contributed by atoms with Gasteiger partial charge in [-0.05, 0) is 79.1 Å². The molecule has 1 aromatic rings. The third-order valence-corrected chi connectivity index (χ3v) is 13.2. The van der Waals surface area contributed by atoms with E-state index in [0.717, 1.165) is 50.5 Å². The first kappa shape index (κ1) is 28.1. The summed E-state index contributed by atoms with van der Waals surface area (Å²) >= 11 is 0. The first-order valence-electron chi connectivity index (χ1n) is 15.0. The van der Waals surface area contributed by atoms with Crippen molar-refractivity contribution in [1.82, 2.24) is 10.2 Å². The van der Waals surface area contributed by atoms with Gasteiger partial charge < -0.3 is 10.2 Å². The van der Waals surface area contributed by atoms with Crippen LogP contribution in [-0.2, 0) is 15.0 Å². The van der Waals surface area contributed by atoms with Gasteiger partial charge in [-0.1, -0.05) is 60.1 Å². The van der Waals surface area contributed by atoms with E-state index in [1.165, 1.54) is 0 Å². The molecular formula is C33H42N4O4. The number of carbonyl (C=O) groups is 3. The summed E-state index contributed by atoms with van der Waals surface area (Å²) in [5, 5.41) is 18.0. The zero-order valence-corrected chi connectivity index (χ0v) is 25.4. The molecule has 1 heterocycles. The Labute approximate surface area is 242 Å². The van der Waals surface area contributed by atoms with E-state index in [1.807, 2.05) is 26.0 Å². The van der Waals surface area contributed by atoms with E-state index in [0.29, 0.717) is 5.89 Å². The van der Waals surface area contributed by atoms with Crippen LogP contribution in [-0.4, -0.2) is 27.7 Å². The quantitative estimate of drug-likeness (QED) is 0.495. The van der Waals surface area contributed by atoms with E-state index >= 15 is 0 Å². The fourth-order valence-corrected chi connectivity index (χ4v) is 10.5. The van der Waals surface area contributed by atoms with E-state index < -0.39 is 22.2 Å². The molecule has 0 spiro atoms. The van der Waals surface area contributed by atoms with Crippen LogP contribution in [0.3, 0.4) is 0 Å². The number of aromatic nitrogens is 2. The second-order valence-corrected chi connectivity index (χ2v) is 15.6. The fraction of sp³-hybridized carbons (Fsp3) is 0.697. The highest BCUT2D eigenvalue weighted by molar-refractivity contribution is 6.04. The lowest BCUT2D eigenvalue weighted by atomic mass is 9.34. The smallest absolute Gasteiger partial charge is 0.306 e. The van der Waals surface area contributed by atoms with Crippen molar-refractivity contribution in [1.29, 1.82) is 5.26 Å². The normalized spacial score (nSPS) is 44.8. The molecule has 0 aliphatic heterocycles. The summed E-state index contributed by atoms with van der Waals surface area (Å²) in [4.78, 5) is 39.5. The van der Waals surface area contributed by atoms with Gasteiger partial charge in [-0.2, -0.15) is 5.26 Å². The lowest BCUT2D eigenvalue weighted by Crippen LogP contribution is -2.64. The van der Waals surface area contributed by atoms with Crippen LogP contribution >= 0.6 is 0 Å². The van der Waals surface area contributed by atoms with Crippen LogP contribution in [0.25, 0.3) is 0 Å². The minimum Gasteiger partial charge on any atom is -0.416 e. The van der Waals surface area contributed by atoms with Gasteiger partial charge >= 0.3 is 11.8 Å². The summed E-state index contributed by atoms with van der Waals surface area (Å²) in [7, 11) is 0. The predicted octanol–water partition coefficient (Wildman–Crippen LogP) is 5.64. The molecule has 2 N–H and O–H groups in total. The molecule has 0 bridgehead atoms. The first-order valence-corrected chi connectivity index (χ1v) is 15.0. The summed E-state index contributed by atoms with van der Waals surface area (Å²) in [5.41, 5.74) is 4.48. The highest BCUT2D eigenvalue weighted by Gasteiger charge is 2.69. The molecule has 3 saturated carbocycles. The highest BCUT2D eigenvalue weighted by atomic mass is 16.4. The minimum absolute atomic E-state index is 0.00181. The van der Waals surface area contributed by atoms with Gasteiger partial charge in [0.05, 0.1) is 5.57 Å². The summed E-state index contributed by atoms with van der Waals surface area (Å²) in [5.74, 6) is -0.479. The van der Waals surface area contributed by atoms with Gasteiger partial charge in [-0.25, -0.2) is 0 Å². The SMILES string of the molecule is CC1(C)C(=O)C(C#N)=C[C@]2(C)C3=CC(=O)[C@@H]4[C@@H]5C[C@@](C)(c6nnc(C(N)=O)o6)CC[C@]5(C)CC[C@@]4(C)[C@]3(C)CCC12. The molecular weight excluding hydrogens is 516 g/mol. The Kier molecular flexibility index (Phi) is 5.66. The molecule has 0 radical (unpaired) electrons. The number of hydrogen-bond donors (Lipinski definition) is 1. The second-order valence-electron chi connectivity index (χ2n) is 15.6. The molecule has 3 fully saturated rings. The number of carbonyl (C=O) groups excluding carboxylic acids is 3. The standard InChI is InChI=1S/C33H42N4O4/c1-28(2)21-8-9-32(6)22(31(21,5)15-18(17-34)24(28)39)14-20(38)23-19-16-30(4,27-37-36-26(41-27)25(35)40)11-10-29(19,3)12-13-33(23,32)7/h14-15,19,21,23H,8-13,16H2,1-7H3,(H2,35,40)/t19-,21?,23-,29+,30-,31-,32+,33+/m0/s1. The molecule has 8 atom stereocenters. The van der Waals surface area contributed by atoms with E-state index in [4.69, 9.17) is 10.2 Å². The molecule has 41 heavy (non-hydrogen) atoms. The van der Waals surface area contributed by atoms with Gasteiger partial charge in [0.2, 0.25) is 5.89 Å². The van der Waals surface area contributed by atoms with Crippen molar-refractivity contribution in [2.75, 3.05) is 0 Å². The Morgan fingerprint density at radius 1 is 1.02 bits per heavy atom. The van der Waals surface area contributed by atoms with Gasteiger partial charge in [0.15, 0.2) is 11.6 Å². The van der Waals surface area contributed by atoms with Gasteiger partial charge in [0, 0.05) is 22.2 Å². The summed E-state index contributed by atoms with van der Waals surface area (Å²) in [6.07, 6.45) is 10.0. The maximum Gasteiger partial charge on any atom is 0.306 e. The first-order chi connectivity index (χ1) is 19.0. The van der Waals surface area contributed by atoms with Crippen molar-refractivity contribution in [2.24, 2.45) is 50.6 Å². The van der Waals surface area contributed by atoms with E-state index in [2.05, 4.69) is 50.9 Å². The molecule has 6 rings (SSSR count). The number of nitriles is 1. The molecule has 1 aromatic heterocycles. The average Bonchev–Trinajstić information content (AvgIpc) is 3.41. The molecule has 1 unspecified atom stereocenters. The van der Waals surface area contributed by atoms with Crippen molar-refractivity contribution in [2.45, 2.75) is 98.8 Å². The number of allylic oxidation sites excluding steroid dienone is 4. The predicted molar refractivity (Wildman–Crippen MR) is 151 cm³/mol. The molecule has 8 nitrogen and oxygen atoms in total. The van der Waals surface area contributed by atoms with Crippen molar-refractivity contribution < 1.29 is 18.8 Å². The van der Waals surface area contributed by atoms with Crippen LogP contribution in [0.5, 0.6) is 0 Å². The monoisotopic (exact) mass is 558 g/mol. The van der Waals surface area contributed by atoms with Crippen molar-refractivity contribution >= 4 is 17.5 Å². The number of rotatable bonds is 2. The fourth-order valence-electron chi connectivity index (χ4n) is 10.5. The van der Waals surface area contributed by atoms with Gasteiger partial charge in [0.25, 0.3) is 0 Å². The maximum atomic E-state index is 14.5. The van der Waals surface area contributed by atoms with Gasteiger partial charge in [-0.15, -0.1) is 10.2 Å². The zero-order valence-electron chi connectivity index (χ0n) is 25.4. The van der Waals surface area contributed by atoms with E-state index in [9.17, 15) is 19.6 Å². The van der Waals surface area contributed by atoms with Crippen molar-refractivity contribution in [3.8, 4) is 6.07 Å². The second kappa shape index (κ2) is 8.26. The summed E-state index contributed by atoms with van der Waals surface area (Å²) in [6, 6.07) is 2.18. The molecule has 218 valence electrons. The van der Waals surface area contributed by atoms with Crippen LogP contribution in [0.1, 0.15) is 110 Å². The minimum atomic E-state index is -0.739. The highest BCUT2D eigenvalue weighted by Crippen LogP contribution is 2.74. The van der Waals surface area contributed by atoms with Gasteiger partial charge in [-0.3, -0.25) is 14.4 Å². The zero-order chi connectivity index (χ0) is 30.0. The topological polar surface area (TPSA) is 140 Å². The summed E-state index contributed by atoms with van der Waals surface area (Å²) in [6.45, 7) is 15.2. The van der Waals surface area contributed by atoms with Crippen LogP contribution in [0.4, 0.5) is 0 Å². The number of Topliss-reactive ketones (excluding diaryl/α,β-unsaturated/α-hetero) is 1. The largest absolute Gasteiger partial charge is 0.416 e. The van der Waals surface area contributed by atoms with E-state index in [-0.39, 0.29) is 57.0 Å². The molecule has 5 aliphatic rings. The van der Waals surface area contributed by atoms with E-state index in [1.54, 1.807) is 0 Å². The Hall–Kier alpha value is -3.08. The summed E-state index contributed by atoms with van der Waals surface area (Å²) < 4.78 is 5.76. The molecule has 5 aliphatic carbocycles. The number of hydrogen-bond acceptors (Lipinski definition) is 7. The van der Waals surface area contributed by atoms with Crippen molar-refractivity contribution in [3.63, 3.8) is 0 Å². The molecule has 1 amide bonds. The number of fused-ring (bicyclic) bond motifs is 7. The Morgan fingerprint density at radius 3 is 2.34 bits per heavy atom. The van der Waals surface area contributed by atoms with Crippen molar-refractivity contribution in [3.05, 3.63) is 35.1 Å². The Bertz CT molecular complexity index is 1500.